The summed E-state index contributed by atoms with van der Waals surface area (Å²) in [6, 6.07) is 11.4. The van der Waals surface area contributed by atoms with E-state index in [0.29, 0.717) is 37.8 Å². The van der Waals surface area contributed by atoms with Crippen LogP contribution in [0.1, 0.15) is 16.9 Å². The minimum Gasteiger partial charge on any atom is -0.389 e. The number of ether oxygens (including phenoxy) is 1. The van der Waals surface area contributed by atoms with Crippen LogP contribution in [0.4, 0.5) is 0 Å². The van der Waals surface area contributed by atoms with E-state index in [4.69, 9.17) is 9.26 Å². The summed E-state index contributed by atoms with van der Waals surface area (Å²) in [6.45, 7) is 3.80. The normalized spacial score (nSPS) is 24.6. The van der Waals surface area contributed by atoms with Gasteiger partial charge in [0.1, 0.15) is 0 Å². The Hall–Kier alpha value is -2.22. The first-order chi connectivity index (χ1) is 12.7. The summed E-state index contributed by atoms with van der Waals surface area (Å²) in [4.78, 5) is 16.8. The van der Waals surface area contributed by atoms with Gasteiger partial charge in [0.25, 0.3) is 5.91 Å². The topological polar surface area (TPSA) is 79.0 Å². The molecule has 1 N–H and O–H groups in total. The monoisotopic (exact) mass is 357 g/mol. The summed E-state index contributed by atoms with van der Waals surface area (Å²) >= 11 is 0. The van der Waals surface area contributed by atoms with Crippen molar-refractivity contribution in [3.8, 4) is 11.3 Å². The zero-order chi connectivity index (χ0) is 17.9. The molecule has 7 heteroatoms. The number of aliphatic hydroxyl groups is 1. The van der Waals surface area contributed by atoms with E-state index in [1.807, 2.05) is 35.2 Å². The molecule has 0 aliphatic carbocycles. The molecule has 0 radical (unpaired) electrons. The lowest BCUT2D eigenvalue weighted by Crippen LogP contribution is -2.45. The third-order valence-corrected chi connectivity index (χ3v) is 5.10. The van der Waals surface area contributed by atoms with Crippen molar-refractivity contribution >= 4 is 5.91 Å². The van der Waals surface area contributed by atoms with Gasteiger partial charge in [0, 0.05) is 37.8 Å². The average molecular weight is 357 g/mol. The van der Waals surface area contributed by atoms with Crippen LogP contribution in [0.5, 0.6) is 0 Å². The van der Waals surface area contributed by atoms with E-state index in [1.165, 1.54) is 0 Å². The van der Waals surface area contributed by atoms with E-state index in [0.717, 1.165) is 25.1 Å². The minimum absolute atomic E-state index is 0.0294. The van der Waals surface area contributed by atoms with Gasteiger partial charge in [-0.25, -0.2) is 0 Å². The van der Waals surface area contributed by atoms with Crippen molar-refractivity contribution in [2.75, 3.05) is 39.4 Å². The maximum Gasteiger partial charge on any atom is 0.276 e. The van der Waals surface area contributed by atoms with Gasteiger partial charge >= 0.3 is 0 Å². The molecule has 2 atom stereocenters. The highest BCUT2D eigenvalue weighted by atomic mass is 16.5. The van der Waals surface area contributed by atoms with Gasteiger partial charge in [0.2, 0.25) is 0 Å². The Bertz CT molecular complexity index is 748. The van der Waals surface area contributed by atoms with Crippen LogP contribution in [-0.4, -0.2) is 77.5 Å². The van der Waals surface area contributed by atoms with Crippen molar-refractivity contribution in [1.82, 2.24) is 15.0 Å². The van der Waals surface area contributed by atoms with Crippen molar-refractivity contribution in [3.63, 3.8) is 0 Å². The van der Waals surface area contributed by atoms with Gasteiger partial charge in [-0.1, -0.05) is 35.5 Å². The molecule has 0 saturated carbocycles. The van der Waals surface area contributed by atoms with Gasteiger partial charge in [0.05, 0.1) is 25.4 Å². The number of aromatic nitrogens is 1. The molecule has 1 aromatic carbocycles. The van der Waals surface area contributed by atoms with E-state index < -0.39 is 6.10 Å². The van der Waals surface area contributed by atoms with Crippen LogP contribution >= 0.6 is 0 Å². The molecule has 2 aromatic rings. The van der Waals surface area contributed by atoms with Crippen molar-refractivity contribution in [3.05, 3.63) is 42.1 Å². The summed E-state index contributed by atoms with van der Waals surface area (Å²) in [5.74, 6) is 0.484. The number of carbonyl (C=O) groups is 1. The highest BCUT2D eigenvalue weighted by molar-refractivity contribution is 5.93. The molecule has 7 nitrogen and oxygen atoms in total. The summed E-state index contributed by atoms with van der Waals surface area (Å²) in [7, 11) is 0. The molecule has 0 spiro atoms. The van der Waals surface area contributed by atoms with Crippen LogP contribution in [0, 0.1) is 0 Å². The Balaban J connectivity index is 1.41. The van der Waals surface area contributed by atoms with E-state index in [-0.39, 0.29) is 11.9 Å². The lowest BCUT2D eigenvalue weighted by Gasteiger charge is -2.28. The molecule has 2 fully saturated rings. The van der Waals surface area contributed by atoms with Crippen LogP contribution in [0.2, 0.25) is 0 Å². The number of rotatable bonds is 3. The fourth-order valence-electron chi connectivity index (χ4n) is 3.63. The highest BCUT2D eigenvalue weighted by Gasteiger charge is 2.33. The highest BCUT2D eigenvalue weighted by Crippen LogP contribution is 2.21. The smallest absolute Gasteiger partial charge is 0.276 e. The average Bonchev–Trinajstić information content (AvgIpc) is 3.26. The molecule has 138 valence electrons. The molecule has 3 heterocycles. The van der Waals surface area contributed by atoms with Crippen molar-refractivity contribution < 1.29 is 19.2 Å². The minimum atomic E-state index is -0.443. The fraction of sp³-hybridized carbons (Fsp3) is 0.474. The molecule has 1 amide bonds. The number of benzene rings is 1. The quantitative estimate of drug-likeness (QED) is 0.891. The fourth-order valence-corrected chi connectivity index (χ4v) is 3.63. The van der Waals surface area contributed by atoms with Crippen molar-refractivity contribution in [2.45, 2.75) is 18.6 Å². The van der Waals surface area contributed by atoms with Crippen molar-refractivity contribution in [2.24, 2.45) is 0 Å². The lowest BCUT2D eigenvalue weighted by atomic mass is 10.1. The molecule has 0 bridgehead atoms. The summed E-state index contributed by atoms with van der Waals surface area (Å²) in [5, 5.41) is 14.0. The first kappa shape index (κ1) is 17.2. The van der Waals surface area contributed by atoms with Crippen molar-refractivity contribution in [1.29, 1.82) is 0 Å². The molecule has 2 saturated heterocycles. The summed E-state index contributed by atoms with van der Waals surface area (Å²) in [5.41, 5.74) is 1.23. The van der Waals surface area contributed by atoms with E-state index in [9.17, 15) is 9.90 Å². The zero-order valence-corrected chi connectivity index (χ0v) is 14.6. The molecule has 1 aromatic heterocycles. The number of nitrogens with zero attached hydrogens (tertiary/aromatic N) is 3. The maximum atomic E-state index is 12.8. The van der Waals surface area contributed by atoms with Crippen LogP contribution in [0.25, 0.3) is 11.3 Å². The molecular formula is C19H23N3O4. The van der Waals surface area contributed by atoms with Gasteiger partial charge in [-0.3, -0.25) is 9.69 Å². The molecule has 0 unspecified atom stereocenters. The third-order valence-electron chi connectivity index (χ3n) is 5.10. The van der Waals surface area contributed by atoms with Gasteiger partial charge in [-0.2, -0.15) is 0 Å². The number of hydrogen-bond acceptors (Lipinski definition) is 6. The zero-order valence-electron chi connectivity index (χ0n) is 14.6. The van der Waals surface area contributed by atoms with E-state index >= 15 is 0 Å². The summed E-state index contributed by atoms with van der Waals surface area (Å²) < 4.78 is 10.7. The number of aliphatic hydroxyl groups excluding tert-OH is 1. The predicted octanol–water partition coefficient (Wildman–Crippen LogP) is 1.25. The second kappa shape index (κ2) is 7.57. The lowest BCUT2D eigenvalue weighted by molar-refractivity contribution is 0.0717. The van der Waals surface area contributed by atoms with Gasteiger partial charge < -0.3 is 19.3 Å². The Morgan fingerprint density at radius 1 is 1.12 bits per heavy atom. The number of hydrogen-bond donors (Lipinski definition) is 1. The molecular weight excluding hydrogens is 334 g/mol. The van der Waals surface area contributed by atoms with Crippen LogP contribution in [-0.2, 0) is 4.74 Å². The summed E-state index contributed by atoms with van der Waals surface area (Å²) in [6.07, 6.45) is 0.416. The second-order valence-electron chi connectivity index (χ2n) is 6.80. The van der Waals surface area contributed by atoms with E-state index in [1.54, 1.807) is 6.07 Å². The van der Waals surface area contributed by atoms with Gasteiger partial charge in [0.15, 0.2) is 11.5 Å². The van der Waals surface area contributed by atoms with Gasteiger partial charge in [-0.05, 0) is 6.42 Å². The number of carbonyl (C=O) groups excluding carboxylic acids is 1. The third kappa shape index (κ3) is 3.51. The first-order valence-electron chi connectivity index (χ1n) is 9.03. The van der Waals surface area contributed by atoms with Gasteiger partial charge in [-0.15, -0.1) is 0 Å². The predicted molar refractivity (Wildman–Crippen MR) is 94.6 cm³/mol. The molecule has 4 rings (SSSR count). The molecule has 2 aliphatic rings. The Morgan fingerprint density at radius 3 is 2.73 bits per heavy atom. The van der Waals surface area contributed by atoms with Crippen LogP contribution in [0.15, 0.2) is 40.9 Å². The Labute approximate surface area is 152 Å². The first-order valence-corrected chi connectivity index (χ1v) is 9.03. The van der Waals surface area contributed by atoms with E-state index in [2.05, 4.69) is 10.1 Å². The molecule has 26 heavy (non-hydrogen) atoms. The largest absolute Gasteiger partial charge is 0.389 e. The molecule has 2 aliphatic heterocycles. The standard InChI is InChI=1S/C19H23N3O4/c23-17-13-25-12-16(17)21-7-4-8-22(10-9-21)19(24)15-11-18(26-20-15)14-5-2-1-3-6-14/h1-3,5-6,11,16-17,23H,4,7-10,12-13H2/t16-,17-/m0/s1. The Morgan fingerprint density at radius 2 is 1.96 bits per heavy atom. The second-order valence-corrected chi connectivity index (χ2v) is 6.80. The van der Waals surface area contributed by atoms with Crippen LogP contribution < -0.4 is 0 Å². The SMILES string of the molecule is O=C(c1cc(-c2ccccc2)on1)N1CCCN([C@H]2COC[C@@H]2O)CC1. The Kier molecular flexibility index (Phi) is 5.01. The maximum absolute atomic E-state index is 12.8. The number of amides is 1. The van der Waals surface area contributed by atoms with Crippen LogP contribution in [0.3, 0.4) is 0 Å².